The van der Waals surface area contributed by atoms with E-state index in [2.05, 4.69) is 62.5 Å². The molecular weight excluding hydrogens is 524 g/mol. The molecule has 1 atom stereocenters. The summed E-state index contributed by atoms with van der Waals surface area (Å²) in [6, 6.07) is 0. The first kappa shape index (κ1) is 41.9. The molecule has 1 unspecified atom stereocenters. The van der Waals surface area contributed by atoms with Crippen molar-refractivity contribution in [1.29, 1.82) is 0 Å². The molecule has 0 bridgehead atoms. The molecule has 0 fully saturated rings. The Kier molecular flexibility index (Phi) is 34.4. The monoisotopic (exact) mass is 601 g/mol. The first-order chi connectivity index (χ1) is 21.2. The largest absolute Gasteiger partial charge is 0.396 e. The molecule has 0 radical (unpaired) electrons. The van der Waals surface area contributed by atoms with Crippen molar-refractivity contribution in [1.82, 2.24) is 0 Å². The predicted octanol–water partition coefficient (Wildman–Crippen LogP) is 13.3. The molecule has 2 nitrogen and oxygen atoms in total. The maximum Gasteiger partial charge on any atom is 0.0648 e. The molecule has 2 heteroatoms. The molecule has 2 N–H and O–H groups in total. The second kappa shape index (κ2) is 35.4. The lowest BCUT2D eigenvalue weighted by Crippen LogP contribution is -2.29. The van der Waals surface area contributed by atoms with Crippen molar-refractivity contribution in [2.24, 2.45) is 0 Å². The first-order valence-electron chi connectivity index (χ1n) is 19.1. The van der Waals surface area contributed by atoms with Crippen LogP contribution in [-0.2, 0) is 0 Å². The number of hydrogen-bond donors (Lipinski definition) is 2. The zero-order valence-corrected chi connectivity index (χ0v) is 29.2. The van der Waals surface area contributed by atoms with Gasteiger partial charge >= 0.3 is 0 Å². The van der Waals surface area contributed by atoms with Gasteiger partial charge in [0.15, 0.2) is 0 Å². The van der Waals surface area contributed by atoms with E-state index in [9.17, 15) is 10.2 Å². The molecule has 0 heterocycles. The molecule has 0 saturated carbocycles. The maximum absolute atomic E-state index is 11.2. The van der Waals surface area contributed by atoms with Gasteiger partial charge in [0.05, 0.1) is 5.60 Å². The second-order valence-electron chi connectivity index (χ2n) is 13.1. The Morgan fingerprint density at radius 2 is 0.674 bits per heavy atom. The molecule has 0 rings (SSSR count). The highest BCUT2D eigenvalue weighted by molar-refractivity contribution is 4.93. The fraction of sp³-hybridized carbons (Fsp3) is 0.805. The third-order valence-corrected chi connectivity index (χ3v) is 8.74. The van der Waals surface area contributed by atoms with E-state index in [1.807, 2.05) is 0 Å². The minimum absolute atomic E-state index is 0.190. The SMILES string of the molecule is CCCCC/C=C\C/C=C\CCCCCCCCC(O)(CCCO)CCCCCCCC/C=C\C/C=C\CCCCCC. The van der Waals surface area contributed by atoms with Gasteiger partial charge in [0, 0.05) is 6.61 Å². The van der Waals surface area contributed by atoms with Gasteiger partial charge in [-0.05, 0) is 89.9 Å². The summed E-state index contributed by atoms with van der Waals surface area (Å²) in [6.45, 7) is 4.72. The average molecular weight is 601 g/mol. The van der Waals surface area contributed by atoms with E-state index in [0.717, 1.165) is 51.4 Å². The van der Waals surface area contributed by atoms with Crippen molar-refractivity contribution in [3.8, 4) is 0 Å². The number of aliphatic hydroxyl groups is 2. The molecular formula is C41H76O2. The summed E-state index contributed by atoms with van der Waals surface area (Å²) in [5, 5.41) is 20.6. The van der Waals surface area contributed by atoms with E-state index < -0.39 is 5.60 Å². The van der Waals surface area contributed by atoms with Gasteiger partial charge in [0.1, 0.15) is 0 Å². The van der Waals surface area contributed by atoms with Crippen LogP contribution in [0.4, 0.5) is 0 Å². The van der Waals surface area contributed by atoms with Gasteiger partial charge < -0.3 is 10.2 Å². The van der Waals surface area contributed by atoms with Crippen LogP contribution >= 0.6 is 0 Å². The van der Waals surface area contributed by atoms with E-state index in [0.29, 0.717) is 0 Å². The molecule has 43 heavy (non-hydrogen) atoms. The summed E-state index contributed by atoms with van der Waals surface area (Å²) in [5.41, 5.74) is -0.563. The first-order valence-corrected chi connectivity index (χ1v) is 19.1. The summed E-state index contributed by atoms with van der Waals surface area (Å²) in [5.74, 6) is 0. The summed E-state index contributed by atoms with van der Waals surface area (Å²) in [6.07, 6.45) is 53.5. The van der Waals surface area contributed by atoms with Gasteiger partial charge in [0.25, 0.3) is 0 Å². The summed E-state index contributed by atoms with van der Waals surface area (Å²) >= 11 is 0. The molecule has 0 saturated heterocycles. The predicted molar refractivity (Wildman–Crippen MR) is 194 cm³/mol. The Labute approximate surface area is 270 Å². The molecule has 252 valence electrons. The number of unbranched alkanes of at least 4 members (excludes halogenated alkanes) is 19. The number of allylic oxidation sites excluding steroid dienone is 8. The number of hydrogen-bond acceptors (Lipinski definition) is 2. The van der Waals surface area contributed by atoms with Crippen molar-refractivity contribution >= 4 is 0 Å². The maximum atomic E-state index is 11.2. The highest BCUT2D eigenvalue weighted by Crippen LogP contribution is 2.28. The Morgan fingerprint density at radius 1 is 0.372 bits per heavy atom. The van der Waals surface area contributed by atoms with Crippen LogP contribution in [0.1, 0.15) is 200 Å². The van der Waals surface area contributed by atoms with E-state index in [1.54, 1.807) is 0 Å². The fourth-order valence-electron chi connectivity index (χ4n) is 5.84. The fourth-order valence-corrected chi connectivity index (χ4v) is 5.84. The number of aliphatic hydroxyl groups excluding tert-OH is 1. The van der Waals surface area contributed by atoms with Crippen molar-refractivity contribution in [3.05, 3.63) is 48.6 Å². The molecule has 0 aromatic rings. The highest BCUT2D eigenvalue weighted by Gasteiger charge is 2.25. The van der Waals surface area contributed by atoms with Crippen LogP contribution < -0.4 is 0 Å². The molecule has 0 spiro atoms. The molecule has 0 aliphatic heterocycles. The van der Waals surface area contributed by atoms with E-state index in [4.69, 9.17) is 0 Å². The normalized spacial score (nSPS) is 13.9. The highest BCUT2D eigenvalue weighted by atomic mass is 16.3. The third-order valence-electron chi connectivity index (χ3n) is 8.74. The zero-order chi connectivity index (χ0) is 31.4. The van der Waals surface area contributed by atoms with Gasteiger partial charge in [-0.25, -0.2) is 0 Å². The van der Waals surface area contributed by atoms with Crippen LogP contribution in [0.2, 0.25) is 0 Å². The summed E-state index contributed by atoms with van der Waals surface area (Å²) < 4.78 is 0. The molecule has 0 aliphatic rings. The second-order valence-corrected chi connectivity index (χ2v) is 13.1. The van der Waals surface area contributed by atoms with Crippen molar-refractivity contribution < 1.29 is 10.2 Å². The van der Waals surface area contributed by atoms with E-state index in [-0.39, 0.29) is 6.61 Å². The van der Waals surface area contributed by atoms with Gasteiger partial charge in [-0.3, -0.25) is 0 Å². The Bertz CT molecular complexity index is 646. The zero-order valence-electron chi connectivity index (χ0n) is 29.2. The molecule has 0 aliphatic carbocycles. The lowest BCUT2D eigenvalue weighted by Gasteiger charge is -2.28. The summed E-state index contributed by atoms with van der Waals surface area (Å²) in [4.78, 5) is 0. The Morgan fingerprint density at radius 3 is 1.07 bits per heavy atom. The van der Waals surface area contributed by atoms with E-state index >= 15 is 0 Å². The van der Waals surface area contributed by atoms with E-state index in [1.165, 1.54) is 135 Å². The van der Waals surface area contributed by atoms with Crippen LogP contribution in [0, 0.1) is 0 Å². The smallest absolute Gasteiger partial charge is 0.0648 e. The quantitative estimate of drug-likeness (QED) is 0.0569. The van der Waals surface area contributed by atoms with Gasteiger partial charge in [0.2, 0.25) is 0 Å². The van der Waals surface area contributed by atoms with Crippen molar-refractivity contribution in [3.63, 3.8) is 0 Å². The van der Waals surface area contributed by atoms with Crippen LogP contribution in [-0.4, -0.2) is 22.4 Å². The Hall–Kier alpha value is -1.12. The van der Waals surface area contributed by atoms with Crippen LogP contribution in [0.5, 0.6) is 0 Å². The van der Waals surface area contributed by atoms with Crippen molar-refractivity contribution in [2.75, 3.05) is 6.61 Å². The van der Waals surface area contributed by atoms with Crippen LogP contribution in [0.25, 0.3) is 0 Å². The minimum Gasteiger partial charge on any atom is -0.396 e. The minimum atomic E-state index is -0.563. The molecule has 0 amide bonds. The average Bonchev–Trinajstić information content (AvgIpc) is 3.01. The lowest BCUT2D eigenvalue weighted by molar-refractivity contribution is 0.00392. The van der Waals surface area contributed by atoms with Crippen molar-refractivity contribution in [2.45, 2.75) is 206 Å². The molecule has 0 aromatic heterocycles. The van der Waals surface area contributed by atoms with Gasteiger partial charge in [-0.15, -0.1) is 0 Å². The van der Waals surface area contributed by atoms with Crippen LogP contribution in [0.15, 0.2) is 48.6 Å². The lowest BCUT2D eigenvalue weighted by atomic mass is 9.86. The topological polar surface area (TPSA) is 40.5 Å². The third kappa shape index (κ3) is 33.6. The summed E-state index contributed by atoms with van der Waals surface area (Å²) in [7, 11) is 0. The number of rotatable bonds is 34. The Balaban J connectivity index is 3.74. The van der Waals surface area contributed by atoms with Gasteiger partial charge in [-0.2, -0.15) is 0 Å². The van der Waals surface area contributed by atoms with Crippen LogP contribution in [0.3, 0.4) is 0 Å². The van der Waals surface area contributed by atoms with Gasteiger partial charge in [-0.1, -0.05) is 159 Å². The molecule has 0 aromatic carbocycles. The standard InChI is InChI=1S/C41H76O2/c1-3-5-7-9-11-13-15-17-19-21-23-25-27-29-31-33-35-38-41(43,39-36-40-42)37-34-32-30-28-26-24-22-20-18-16-14-12-10-8-6-4-2/h12-15,18-21,42-43H,3-11,16-17,22-40H2,1-2H3/b14-12-,15-13-,20-18-,21-19-.